The van der Waals surface area contributed by atoms with Gasteiger partial charge in [-0.2, -0.15) is 0 Å². The summed E-state index contributed by atoms with van der Waals surface area (Å²) in [5.74, 6) is 0.787. The molecular formula is C15H20N2O2S2. The Labute approximate surface area is 130 Å². The smallest absolute Gasteiger partial charge is 0.178 e. The number of H-pyrrole nitrogens is 1. The van der Waals surface area contributed by atoms with Crippen LogP contribution in [0.1, 0.15) is 32.1 Å². The Balaban J connectivity index is 1.99. The monoisotopic (exact) mass is 324 g/mol. The highest BCUT2D eigenvalue weighted by atomic mass is 32.2. The number of hydrogen-bond donors (Lipinski definition) is 1. The Kier molecular flexibility index (Phi) is 3.92. The van der Waals surface area contributed by atoms with Gasteiger partial charge < -0.3 is 9.55 Å². The summed E-state index contributed by atoms with van der Waals surface area (Å²) < 4.78 is 26.4. The highest BCUT2D eigenvalue weighted by Crippen LogP contribution is 2.29. The maximum Gasteiger partial charge on any atom is 0.178 e. The third-order valence-corrected chi connectivity index (χ3v) is 5.87. The first kappa shape index (κ1) is 14.8. The van der Waals surface area contributed by atoms with Gasteiger partial charge in [0.25, 0.3) is 0 Å². The Bertz CT molecular complexity index is 812. The molecule has 114 valence electrons. The van der Waals surface area contributed by atoms with Gasteiger partial charge in [-0.3, -0.25) is 0 Å². The molecule has 21 heavy (non-hydrogen) atoms. The number of aromatic nitrogens is 2. The Morgan fingerprint density at radius 3 is 2.71 bits per heavy atom. The van der Waals surface area contributed by atoms with E-state index in [1.54, 1.807) is 12.1 Å². The van der Waals surface area contributed by atoms with Crippen molar-refractivity contribution in [1.82, 2.24) is 9.55 Å². The Hall–Kier alpha value is -1.14. The van der Waals surface area contributed by atoms with E-state index in [0.29, 0.717) is 15.2 Å². The molecule has 0 radical (unpaired) electrons. The largest absolute Gasteiger partial charge is 0.329 e. The minimum atomic E-state index is -3.25. The predicted octanol–water partition coefficient (Wildman–Crippen LogP) is 3.68. The van der Waals surface area contributed by atoms with Crippen LogP contribution in [0.2, 0.25) is 0 Å². The number of nitrogens with one attached hydrogen (secondary N) is 1. The second-order valence-electron chi connectivity index (χ2n) is 5.94. The van der Waals surface area contributed by atoms with E-state index in [1.807, 2.05) is 10.6 Å². The SMILES string of the molecule is CS(=O)(=O)c1cccc2c1[nH]c(=S)n2CCC1CCCC1. The molecular weight excluding hydrogens is 304 g/mol. The normalized spacial score (nSPS) is 16.8. The number of sulfone groups is 1. The van der Waals surface area contributed by atoms with Gasteiger partial charge >= 0.3 is 0 Å². The molecule has 4 nitrogen and oxygen atoms in total. The average molecular weight is 324 g/mol. The molecule has 0 bridgehead atoms. The average Bonchev–Trinajstić information content (AvgIpc) is 3.01. The third kappa shape index (κ3) is 2.92. The summed E-state index contributed by atoms with van der Waals surface area (Å²) in [7, 11) is -3.25. The molecule has 0 spiro atoms. The summed E-state index contributed by atoms with van der Waals surface area (Å²) in [5, 5.41) is 0. The second kappa shape index (κ2) is 5.57. The van der Waals surface area contributed by atoms with Crippen molar-refractivity contribution in [2.75, 3.05) is 6.26 Å². The molecule has 6 heteroatoms. The molecule has 2 aromatic rings. The maximum atomic E-state index is 11.9. The fraction of sp³-hybridized carbons (Fsp3) is 0.533. The van der Waals surface area contributed by atoms with Crippen LogP contribution in [0.4, 0.5) is 0 Å². The number of imidazole rings is 1. The van der Waals surface area contributed by atoms with Crippen LogP contribution in [-0.4, -0.2) is 24.2 Å². The van der Waals surface area contributed by atoms with Crippen molar-refractivity contribution in [3.63, 3.8) is 0 Å². The number of rotatable bonds is 4. The van der Waals surface area contributed by atoms with Crippen LogP contribution < -0.4 is 0 Å². The van der Waals surface area contributed by atoms with Gasteiger partial charge in [-0.15, -0.1) is 0 Å². The van der Waals surface area contributed by atoms with Crippen LogP contribution >= 0.6 is 12.2 Å². The van der Waals surface area contributed by atoms with Crippen LogP contribution in [-0.2, 0) is 16.4 Å². The quantitative estimate of drug-likeness (QED) is 0.873. The summed E-state index contributed by atoms with van der Waals surface area (Å²) in [6.07, 6.45) is 7.64. The summed E-state index contributed by atoms with van der Waals surface area (Å²) in [4.78, 5) is 3.40. The molecule has 1 saturated carbocycles. The Morgan fingerprint density at radius 2 is 2.05 bits per heavy atom. The van der Waals surface area contributed by atoms with Crippen LogP contribution in [0.15, 0.2) is 23.1 Å². The minimum Gasteiger partial charge on any atom is -0.329 e. The number of aryl methyl sites for hydroxylation is 1. The Morgan fingerprint density at radius 1 is 1.33 bits per heavy atom. The van der Waals surface area contributed by atoms with Gasteiger partial charge in [-0.05, 0) is 36.7 Å². The van der Waals surface area contributed by atoms with Crippen molar-refractivity contribution in [2.24, 2.45) is 5.92 Å². The molecule has 1 aliphatic rings. The lowest BCUT2D eigenvalue weighted by Gasteiger charge is -2.10. The van der Waals surface area contributed by atoms with Crippen molar-refractivity contribution in [3.8, 4) is 0 Å². The number of para-hydroxylation sites is 1. The molecule has 0 atom stereocenters. The lowest BCUT2D eigenvalue weighted by Crippen LogP contribution is -2.04. The number of fused-ring (bicyclic) bond motifs is 1. The summed E-state index contributed by atoms with van der Waals surface area (Å²) in [6.45, 7) is 0.858. The topological polar surface area (TPSA) is 54.9 Å². The van der Waals surface area contributed by atoms with Crippen molar-refractivity contribution in [2.45, 2.75) is 43.5 Å². The standard InChI is InChI=1S/C15H20N2O2S2/c1-21(18,19)13-8-4-7-12-14(13)16-15(20)17(12)10-9-11-5-2-3-6-11/h4,7-8,11H,2-3,5-6,9-10H2,1H3,(H,16,20). The van der Waals surface area contributed by atoms with E-state index in [9.17, 15) is 8.42 Å². The van der Waals surface area contributed by atoms with Crippen molar-refractivity contribution < 1.29 is 8.42 Å². The van der Waals surface area contributed by atoms with Gasteiger partial charge in [0.2, 0.25) is 0 Å². The van der Waals surface area contributed by atoms with E-state index in [4.69, 9.17) is 12.2 Å². The zero-order valence-corrected chi connectivity index (χ0v) is 13.8. The van der Waals surface area contributed by atoms with Gasteiger partial charge in [0.05, 0.1) is 15.9 Å². The van der Waals surface area contributed by atoms with Crippen LogP contribution in [0.3, 0.4) is 0 Å². The van der Waals surface area contributed by atoms with Crippen LogP contribution in [0, 0.1) is 10.7 Å². The number of aromatic amines is 1. The molecule has 1 aromatic carbocycles. The van der Waals surface area contributed by atoms with Crippen LogP contribution in [0.25, 0.3) is 11.0 Å². The van der Waals surface area contributed by atoms with Gasteiger partial charge in [-0.25, -0.2) is 8.42 Å². The molecule has 0 unspecified atom stereocenters. The summed E-state index contributed by atoms with van der Waals surface area (Å²) >= 11 is 5.39. The van der Waals surface area contributed by atoms with E-state index in [-0.39, 0.29) is 0 Å². The first-order valence-electron chi connectivity index (χ1n) is 7.38. The molecule has 3 rings (SSSR count). The van der Waals surface area contributed by atoms with Gasteiger partial charge in [0.1, 0.15) is 0 Å². The molecule has 1 fully saturated rings. The summed E-state index contributed by atoms with van der Waals surface area (Å²) in [6, 6.07) is 5.35. The van der Waals surface area contributed by atoms with Crippen molar-refractivity contribution in [1.29, 1.82) is 0 Å². The van der Waals surface area contributed by atoms with Gasteiger partial charge in [0, 0.05) is 12.8 Å². The molecule has 0 saturated heterocycles. The first-order chi connectivity index (χ1) is 9.97. The minimum absolute atomic E-state index is 0.325. The lowest BCUT2D eigenvalue weighted by molar-refractivity contribution is 0.461. The molecule has 1 N–H and O–H groups in total. The fourth-order valence-electron chi connectivity index (χ4n) is 3.30. The fourth-order valence-corrected chi connectivity index (χ4v) is 4.44. The highest BCUT2D eigenvalue weighted by Gasteiger charge is 2.18. The molecule has 1 aromatic heterocycles. The second-order valence-corrected chi connectivity index (χ2v) is 8.31. The number of hydrogen-bond acceptors (Lipinski definition) is 3. The molecule has 1 heterocycles. The van der Waals surface area contributed by atoms with Gasteiger partial charge in [0.15, 0.2) is 14.6 Å². The molecule has 0 aliphatic heterocycles. The molecule has 1 aliphatic carbocycles. The third-order valence-electron chi connectivity index (χ3n) is 4.41. The lowest BCUT2D eigenvalue weighted by atomic mass is 10.0. The van der Waals surface area contributed by atoms with Gasteiger partial charge in [-0.1, -0.05) is 31.7 Å². The first-order valence-corrected chi connectivity index (χ1v) is 9.68. The van der Waals surface area contributed by atoms with E-state index < -0.39 is 9.84 Å². The summed E-state index contributed by atoms with van der Waals surface area (Å²) in [5.41, 5.74) is 1.53. The maximum absolute atomic E-state index is 11.9. The van der Waals surface area contributed by atoms with Crippen LogP contribution in [0.5, 0.6) is 0 Å². The zero-order valence-electron chi connectivity index (χ0n) is 12.1. The predicted molar refractivity (Wildman–Crippen MR) is 86.8 cm³/mol. The van der Waals surface area contributed by atoms with Crippen molar-refractivity contribution in [3.05, 3.63) is 23.0 Å². The van der Waals surface area contributed by atoms with E-state index in [1.165, 1.54) is 31.9 Å². The zero-order chi connectivity index (χ0) is 15.0. The van der Waals surface area contributed by atoms with Crippen molar-refractivity contribution >= 4 is 33.1 Å². The highest BCUT2D eigenvalue weighted by molar-refractivity contribution is 7.91. The van der Waals surface area contributed by atoms with E-state index >= 15 is 0 Å². The number of nitrogens with zero attached hydrogens (tertiary/aromatic N) is 1. The van der Waals surface area contributed by atoms with E-state index in [0.717, 1.165) is 24.4 Å². The molecule has 0 amide bonds. The number of benzene rings is 1. The van der Waals surface area contributed by atoms with E-state index in [2.05, 4.69) is 4.98 Å².